The molecule has 0 aliphatic carbocycles. The largest absolute Gasteiger partial charge is 0.258 e. The first kappa shape index (κ1) is 10.1. The zero-order valence-corrected chi connectivity index (χ0v) is 7.64. The van der Waals surface area contributed by atoms with Crippen molar-refractivity contribution in [2.24, 2.45) is 0 Å². The van der Waals surface area contributed by atoms with E-state index in [1.807, 2.05) is 0 Å². The molecule has 72 valence electrons. The van der Waals surface area contributed by atoms with Crippen molar-refractivity contribution in [3.8, 4) is 0 Å². The average molecular weight is 186 g/mol. The van der Waals surface area contributed by atoms with Gasteiger partial charge in [0.15, 0.2) is 0 Å². The van der Waals surface area contributed by atoms with Crippen LogP contribution < -0.4 is 5.43 Å². The van der Waals surface area contributed by atoms with Gasteiger partial charge in [0.25, 0.3) is 0 Å². The van der Waals surface area contributed by atoms with E-state index in [4.69, 9.17) is 0 Å². The van der Waals surface area contributed by atoms with Gasteiger partial charge in [-0.15, -0.1) is 0 Å². The Morgan fingerprint density at radius 3 is 2.62 bits per heavy atom. The molecule has 4 heteroatoms. The summed E-state index contributed by atoms with van der Waals surface area (Å²) in [4.78, 5) is 0. The fourth-order valence-corrected chi connectivity index (χ4v) is 0.984. The third kappa shape index (κ3) is 2.75. The molecule has 0 fully saturated rings. The summed E-state index contributed by atoms with van der Waals surface area (Å²) >= 11 is 0. The third-order valence-corrected chi connectivity index (χ3v) is 1.80. The number of hydrogen-bond donors (Lipinski definition) is 1. The Balaban J connectivity index is 2.77. The number of hydrazine groups is 1. The summed E-state index contributed by atoms with van der Waals surface area (Å²) in [6.07, 6.45) is 0. The molecule has 0 radical (unpaired) electrons. The highest BCUT2D eigenvalue weighted by Crippen LogP contribution is 2.10. The molecule has 0 heterocycles. The van der Waals surface area contributed by atoms with Crippen molar-refractivity contribution in [3.63, 3.8) is 0 Å². The topological polar surface area (TPSA) is 15.3 Å². The average Bonchev–Trinajstić information content (AvgIpc) is 2.09. The molecule has 1 rings (SSSR count). The van der Waals surface area contributed by atoms with Crippen LogP contribution in [0.4, 0.5) is 8.78 Å². The van der Waals surface area contributed by atoms with Crippen LogP contribution in [-0.2, 0) is 6.54 Å². The van der Waals surface area contributed by atoms with Crippen LogP contribution in [0.5, 0.6) is 0 Å². The first-order chi connectivity index (χ1) is 6.13. The number of nitrogens with one attached hydrogen (secondary N) is 1. The highest BCUT2D eigenvalue weighted by atomic mass is 19.1. The van der Waals surface area contributed by atoms with Crippen LogP contribution >= 0.6 is 0 Å². The number of hydrogen-bond acceptors (Lipinski definition) is 2. The van der Waals surface area contributed by atoms with E-state index >= 15 is 0 Å². The molecule has 0 saturated heterocycles. The smallest absolute Gasteiger partial charge is 0.130 e. The molecule has 1 aromatic carbocycles. The van der Waals surface area contributed by atoms with Gasteiger partial charge in [-0.25, -0.2) is 13.8 Å². The van der Waals surface area contributed by atoms with Crippen LogP contribution in [0.25, 0.3) is 0 Å². The maximum Gasteiger partial charge on any atom is 0.130 e. The molecule has 0 amide bonds. The predicted octanol–water partition coefficient (Wildman–Crippen LogP) is 1.53. The zero-order chi connectivity index (χ0) is 9.84. The van der Waals surface area contributed by atoms with Crippen molar-refractivity contribution < 1.29 is 8.78 Å². The molecule has 1 N–H and O–H groups in total. The molecule has 0 bridgehead atoms. The van der Waals surface area contributed by atoms with E-state index in [0.717, 1.165) is 6.07 Å². The highest BCUT2D eigenvalue weighted by Gasteiger charge is 2.05. The maximum atomic E-state index is 13.1. The fourth-order valence-electron chi connectivity index (χ4n) is 0.984. The second-order valence-corrected chi connectivity index (χ2v) is 2.82. The molecule has 0 saturated carbocycles. The zero-order valence-electron chi connectivity index (χ0n) is 7.64. The van der Waals surface area contributed by atoms with Crippen LogP contribution in [0.3, 0.4) is 0 Å². The second-order valence-electron chi connectivity index (χ2n) is 2.82. The standard InChI is InChI=1S/C9H12F2N2/c1-12-13(2)6-7-3-4-8(10)5-9(7)11/h3-5,12H,6H2,1-2H3. The van der Waals surface area contributed by atoms with E-state index in [0.29, 0.717) is 12.1 Å². The lowest BCUT2D eigenvalue weighted by Crippen LogP contribution is -2.30. The van der Waals surface area contributed by atoms with Crippen molar-refractivity contribution >= 4 is 0 Å². The molecular weight excluding hydrogens is 174 g/mol. The molecule has 0 aromatic heterocycles. The third-order valence-electron chi connectivity index (χ3n) is 1.80. The van der Waals surface area contributed by atoms with E-state index in [1.165, 1.54) is 12.1 Å². The van der Waals surface area contributed by atoms with Crippen LogP contribution in [0.15, 0.2) is 18.2 Å². The number of benzene rings is 1. The lowest BCUT2D eigenvalue weighted by molar-refractivity contribution is 0.248. The van der Waals surface area contributed by atoms with E-state index in [2.05, 4.69) is 5.43 Å². The Kier molecular flexibility index (Phi) is 3.33. The fraction of sp³-hybridized carbons (Fsp3) is 0.333. The minimum absolute atomic E-state index is 0.405. The molecule has 13 heavy (non-hydrogen) atoms. The van der Waals surface area contributed by atoms with Crippen molar-refractivity contribution in [3.05, 3.63) is 35.4 Å². The van der Waals surface area contributed by atoms with Crippen LogP contribution in [0.1, 0.15) is 5.56 Å². The summed E-state index contributed by atoms with van der Waals surface area (Å²) in [7, 11) is 3.52. The number of nitrogens with zero attached hydrogens (tertiary/aromatic N) is 1. The van der Waals surface area contributed by atoms with E-state index in [1.54, 1.807) is 19.1 Å². The first-order valence-electron chi connectivity index (χ1n) is 3.96. The van der Waals surface area contributed by atoms with Crippen LogP contribution in [0.2, 0.25) is 0 Å². The first-order valence-corrected chi connectivity index (χ1v) is 3.96. The van der Waals surface area contributed by atoms with Crippen molar-refractivity contribution in [2.75, 3.05) is 14.1 Å². The molecule has 0 aliphatic heterocycles. The van der Waals surface area contributed by atoms with Gasteiger partial charge < -0.3 is 0 Å². The summed E-state index contributed by atoms with van der Waals surface area (Å²) in [6.45, 7) is 0.405. The highest BCUT2D eigenvalue weighted by molar-refractivity contribution is 5.18. The van der Waals surface area contributed by atoms with Gasteiger partial charge >= 0.3 is 0 Å². The predicted molar refractivity (Wildman–Crippen MR) is 46.9 cm³/mol. The molecule has 0 unspecified atom stereocenters. The minimum atomic E-state index is -0.548. The van der Waals surface area contributed by atoms with Crippen LogP contribution in [0, 0.1) is 11.6 Å². The summed E-state index contributed by atoms with van der Waals surface area (Å²) < 4.78 is 25.6. The van der Waals surface area contributed by atoms with Gasteiger partial charge in [0, 0.05) is 25.2 Å². The van der Waals surface area contributed by atoms with Crippen LogP contribution in [-0.4, -0.2) is 19.1 Å². The Morgan fingerprint density at radius 2 is 2.08 bits per heavy atom. The Morgan fingerprint density at radius 1 is 1.38 bits per heavy atom. The molecule has 0 spiro atoms. The van der Waals surface area contributed by atoms with Gasteiger partial charge in [0.2, 0.25) is 0 Å². The molecule has 1 aromatic rings. The van der Waals surface area contributed by atoms with Gasteiger partial charge in [0.1, 0.15) is 11.6 Å². The Labute approximate surface area is 76.1 Å². The molecule has 0 aliphatic rings. The van der Waals surface area contributed by atoms with E-state index < -0.39 is 11.6 Å². The Bertz CT molecular complexity index is 289. The lowest BCUT2D eigenvalue weighted by Gasteiger charge is -2.14. The van der Waals surface area contributed by atoms with Gasteiger partial charge in [-0.3, -0.25) is 5.43 Å². The molecule has 2 nitrogen and oxygen atoms in total. The number of halogens is 2. The van der Waals surface area contributed by atoms with E-state index in [9.17, 15) is 8.78 Å². The van der Waals surface area contributed by atoms with Gasteiger partial charge in [0.05, 0.1) is 0 Å². The normalized spacial score (nSPS) is 10.8. The SMILES string of the molecule is CNN(C)Cc1ccc(F)cc1F. The van der Waals surface area contributed by atoms with Crippen molar-refractivity contribution in [1.29, 1.82) is 0 Å². The number of rotatable bonds is 3. The summed E-state index contributed by atoms with van der Waals surface area (Å²) in [5.74, 6) is -1.06. The monoisotopic (exact) mass is 186 g/mol. The Hall–Kier alpha value is -1.00. The van der Waals surface area contributed by atoms with Gasteiger partial charge in [-0.2, -0.15) is 0 Å². The quantitative estimate of drug-likeness (QED) is 0.720. The summed E-state index contributed by atoms with van der Waals surface area (Å²) in [5, 5.41) is 1.70. The van der Waals surface area contributed by atoms with Gasteiger partial charge in [-0.1, -0.05) is 6.07 Å². The minimum Gasteiger partial charge on any atom is -0.258 e. The molecule has 0 atom stereocenters. The maximum absolute atomic E-state index is 13.1. The summed E-state index contributed by atoms with van der Waals surface area (Å²) in [6, 6.07) is 3.58. The van der Waals surface area contributed by atoms with Gasteiger partial charge in [-0.05, 0) is 13.1 Å². The van der Waals surface area contributed by atoms with Crippen molar-refractivity contribution in [2.45, 2.75) is 6.54 Å². The van der Waals surface area contributed by atoms with Crippen molar-refractivity contribution in [1.82, 2.24) is 10.4 Å². The molecular formula is C9H12F2N2. The summed E-state index contributed by atoms with van der Waals surface area (Å²) in [5.41, 5.74) is 3.30. The second kappa shape index (κ2) is 4.30. The lowest BCUT2D eigenvalue weighted by atomic mass is 10.2. The van der Waals surface area contributed by atoms with E-state index in [-0.39, 0.29) is 0 Å².